The first-order valence-electron chi connectivity index (χ1n) is 11.4. The van der Waals surface area contributed by atoms with E-state index in [4.69, 9.17) is 9.97 Å². The van der Waals surface area contributed by atoms with E-state index in [2.05, 4.69) is 50.5 Å². The Morgan fingerprint density at radius 3 is 2.85 bits per heavy atom. The lowest BCUT2D eigenvalue weighted by Crippen LogP contribution is -2.22. The summed E-state index contributed by atoms with van der Waals surface area (Å²) in [5.74, 6) is 0.959. The van der Waals surface area contributed by atoms with Crippen LogP contribution in [0.5, 0.6) is 0 Å². The van der Waals surface area contributed by atoms with Gasteiger partial charge >= 0.3 is 0 Å². The summed E-state index contributed by atoms with van der Waals surface area (Å²) in [5, 5.41) is 18.8. The van der Waals surface area contributed by atoms with E-state index in [0.717, 1.165) is 59.5 Å². The molecule has 0 saturated carbocycles. The van der Waals surface area contributed by atoms with E-state index in [1.54, 1.807) is 11.3 Å². The fourth-order valence-corrected chi connectivity index (χ4v) is 5.63. The zero-order valence-electron chi connectivity index (χ0n) is 19.5. The molecule has 0 saturated heterocycles. The van der Waals surface area contributed by atoms with Crippen molar-refractivity contribution < 1.29 is 0 Å². The number of hydrazone groups is 1. The van der Waals surface area contributed by atoms with E-state index in [9.17, 15) is 0 Å². The maximum atomic E-state index is 5.03. The molecule has 0 bridgehead atoms. The maximum absolute atomic E-state index is 5.03. The lowest BCUT2D eigenvalue weighted by atomic mass is 10.1. The number of hydrogen-bond acceptors (Lipinski definition) is 8. The third-order valence-electron chi connectivity index (χ3n) is 6.29. The van der Waals surface area contributed by atoms with Crippen molar-refractivity contribution in [2.45, 2.75) is 19.3 Å². The Morgan fingerprint density at radius 1 is 1.21 bits per heavy atom. The molecule has 174 valence electrons. The minimum absolute atomic E-state index is 0.197. The van der Waals surface area contributed by atoms with Crippen molar-refractivity contribution in [2.75, 3.05) is 32.0 Å². The fraction of sp³-hybridized carbons (Fsp3) is 0.333. The number of nitrogens with zero attached hydrogens (tertiary/aromatic N) is 7. The van der Waals surface area contributed by atoms with Crippen molar-refractivity contribution in [3.05, 3.63) is 53.9 Å². The number of anilines is 2. The van der Waals surface area contributed by atoms with Crippen LogP contribution < -0.4 is 10.6 Å². The van der Waals surface area contributed by atoms with Gasteiger partial charge in [-0.05, 0) is 37.1 Å². The molecule has 9 nitrogen and oxygen atoms in total. The number of hydrogen-bond donors (Lipinski definition) is 2. The molecule has 1 atom stereocenters. The third kappa shape index (κ3) is 3.78. The van der Waals surface area contributed by atoms with Crippen molar-refractivity contribution in [2.24, 2.45) is 12.1 Å². The zero-order valence-corrected chi connectivity index (χ0v) is 20.3. The van der Waals surface area contributed by atoms with Gasteiger partial charge in [0.25, 0.3) is 0 Å². The van der Waals surface area contributed by atoms with Crippen molar-refractivity contribution in [3.8, 4) is 10.4 Å². The number of imidazole rings is 1. The van der Waals surface area contributed by atoms with Gasteiger partial charge in [0.15, 0.2) is 11.5 Å². The number of thiophene rings is 1. The second-order valence-corrected chi connectivity index (χ2v) is 9.96. The zero-order chi connectivity index (χ0) is 23.2. The topological polar surface area (TPSA) is 87.7 Å². The van der Waals surface area contributed by atoms with Crippen LogP contribution in [-0.2, 0) is 7.05 Å². The summed E-state index contributed by atoms with van der Waals surface area (Å²) in [7, 11) is 3.94. The van der Waals surface area contributed by atoms with Crippen LogP contribution in [0.25, 0.3) is 21.7 Å². The molecule has 6 heterocycles. The van der Waals surface area contributed by atoms with Gasteiger partial charge in [-0.15, -0.1) is 11.3 Å². The normalized spacial score (nSPS) is 18.1. The Kier molecular flexibility index (Phi) is 5.19. The van der Waals surface area contributed by atoms with Gasteiger partial charge in [-0.2, -0.15) is 10.2 Å². The van der Waals surface area contributed by atoms with Gasteiger partial charge in [0, 0.05) is 56.2 Å². The van der Waals surface area contributed by atoms with Crippen LogP contribution >= 0.6 is 11.3 Å². The van der Waals surface area contributed by atoms with E-state index >= 15 is 0 Å². The first-order valence-corrected chi connectivity index (χ1v) is 12.3. The molecule has 2 N–H and O–H groups in total. The quantitative estimate of drug-likeness (QED) is 0.460. The SMILES string of the molecule is Cc1cc(Nc2nc(C3=CCCNC3)cn3c(C4C=NN(C)C4)cnc23)sc1-c1cnn(C)c1. The van der Waals surface area contributed by atoms with Crippen LogP contribution in [0.2, 0.25) is 0 Å². The van der Waals surface area contributed by atoms with Gasteiger partial charge in [-0.3, -0.25) is 14.1 Å². The van der Waals surface area contributed by atoms with Crippen LogP contribution in [0.15, 0.2) is 42.0 Å². The molecule has 2 aliphatic heterocycles. The Balaban J connectivity index is 1.43. The second kappa shape index (κ2) is 8.37. The summed E-state index contributed by atoms with van der Waals surface area (Å²) in [6.07, 6.45) is 13.3. The van der Waals surface area contributed by atoms with Gasteiger partial charge in [-0.1, -0.05) is 6.08 Å². The minimum atomic E-state index is 0.197. The standard InChI is InChI=1S/C24H27N9S/c1-15-7-21(34-22(15)18-10-28-32(3)13-18)30-23-24-26-11-20(17-9-27-31(2)12-17)33(24)14-19(29-23)16-5-4-6-25-8-16/h5,7,9-11,13-14,17,25H,4,6,8,12H2,1-3H3,(H,29,30). The van der Waals surface area contributed by atoms with E-state index in [-0.39, 0.29) is 5.92 Å². The van der Waals surface area contributed by atoms with Crippen molar-refractivity contribution in [1.29, 1.82) is 0 Å². The molecule has 34 heavy (non-hydrogen) atoms. The summed E-state index contributed by atoms with van der Waals surface area (Å²) >= 11 is 1.71. The number of aromatic nitrogens is 5. The molecular weight excluding hydrogens is 446 g/mol. The van der Waals surface area contributed by atoms with Crippen LogP contribution in [0.4, 0.5) is 10.8 Å². The van der Waals surface area contributed by atoms with Crippen molar-refractivity contribution in [1.82, 2.24) is 34.5 Å². The first-order chi connectivity index (χ1) is 16.5. The van der Waals surface area contributed by atoms with E-state index in [0.29, 0.717) is 0 Å². The molecule has 4 aromatic rings. The average Bonchev–Trinajstić information content (AvgIpc) is 3.62. The lowest BCUT2D eigenvalue weighted by molar-refractivity contribution is 0.380. The van der Waals surface area contributed by atoms with Crippen LogP contribution in [-0.4, -0.2) is 62.1 Å². The Hall–Kier alpha value is -3.50. The first kappa shape index (κ1) is 21.1. The molecule has 0 aliphatic carbocycles. The van der Waals surface area contributed by atoms with E-state index in [1.165, 1.54) is 16.0 Å². The molecule has 1 unspecified atom stereocenters. The summed E-state index contributed by atoms with van der Waals surface area (Å²) in [6, 6.07) is 2.17. The van der Waals surface area contributed by atoms with E-state index in [1.807, 2.05) is 48.6 Å². The molecule has 0 amide bonds. The molecule has 2 aliphatic rings. The van der Waals surface area contributed by atoms with Crippen LogP contribution in [0, 0.1) is 6.92 Å². The van der Waals surface area contributed by atoms with Gasteiger partial charge in [0.2, 0.25) is 0 Å². The molecule has 4 aromatic heterocycles. The Labute approximate surface area is 201 Å². The number of rotatable bonds is 5. The monoisotopic (exact) mass is 473 g/mol. The largest absolute Gasteiger partial charge is 0.329 e. The summed E-state index contributed by atoms with van der Waals surface area (Å²) in [6.45, 7) is 4.80. The number of aryl methyl sites for hydroxylation is 2. The Morgan fingerprint density at radius 2 is 2.12 bits per heavy atom. The van der Waals surface area contributed by atoms with Gasteiger partial charge in [0.05, 0.1) is 34.7 Å². The maximum Gasteiger partial charge on any atom is 0.180 e. The van der Waals surface area contributed by atoms with Gasteiger partial charge in [-0.25, -0.2) is 9.97 Å². The minimum Gasteiger partial charge on any atom is -0.329 e. The molecule has 0 radical (unpaired) electrons. The summed E-state index contributed by atoms with van der Waals surface area (Å²) < 4.78 is 4.01. The van der Waals surface area contributed by atoms with Gasteiger partial charge in [0.1, 0.15) is 0 Å². The van der Waals surface area contributed by atoms with Crippen LogP contribution in [0.3, 0.4) is 0 Å². The average molecular weight is 474 g/mol. The van der Waals surface area contributed by atoms with Crippen LogP contribution in [0.1, 0.15) is 29.3 Å². The fourth-order valence-electron chi connectivity index (χ4n) is 4.59. The molecule has 0 spiro atoms. The summed E-state index contributed by atoms with van der Waals surface area (Å²) in [5.41, 5.74) is 6.45. The lowest BCUT2D eigenvalue weighted by Gasteiger charge is -2.17. The molecular formula is C24H27N9S. The summed E-state index contributed by atoms with van der Waals surface area (Å²) in [4.78, 5) is 11.0. The van der Waals surface area contributed by atoms with Crippen molar-refractivity contribution >= 4 is 39.6 Å². The highest BCUT2D eigenvalue weighted by atomic mass is 32.1. The van der Waals surface area contributed by atoms with Gasteiger partial charge < -0.3 is 10.6 Å². The third-order valence-corrected chi connectivity index (χ3v) is 7.49. The highest BCUT2D eigenvalue weighted by Gasteiger charge is 2.23. The molecule has 0 fully saturated rings. The number of fused-ring (bicyclic) bond motifs is 1. The number of nitrogens with one attached hydrogen (secondary N) is 2. The van der Waals surface area contributed by atoms with Crippen molar-refractivity contribution in [3.63, 3.8) is 0 Å². The Bertz CT molecular complexity index is 1420. The molecule has 10 heteroatoms. The molecule has 6 rings (SSSR count). The number of likely N-dealkylation sites (N-methyl/N-ethyl adjacent to an activating group) is 1. The molecule has 0 aromatic carbocycles. The predicted molar refractivity (Wildman–Crippen MR) is 137 cm³/mol. The smallest absolute Gasteiger partial charge is 0.180 e. The highest BCUT2D eigenvalue weighted by molar-refractivity contribution is 7.19. The van der Waals surface area contributed by atoms with E-state index < -0.39 is 0 Å². The predicted octanol–water partition coefficient (Wildman–Crippen LogP) is 3.63. The highest BCUT2D eigenvalue weighted by Crippen LogP contribution is 2.37. The second-order valence-electron chi connectivity index (χ2n) is 8.91.